The molecule has 104 valence electrons. The molecule has 0 unspecified atom stereocenters. The maximum atomic E-state index is 11.7. The zero-order chi connectivity index (χ0) is 14.4. The molecule has 2 rings (SSSR count). The summed E-state index contributed by atoms with van der Waals surface area (Å²) in [5, 5.41) is 13.6. The molecule has 2 aromatic rings. The van der Waals surface area contributed by atoms with Gasteiger partial charge in [-0.15, -0.1) is 11.3 Å². The van der Waals surface area contributed by atoms with Crippen molar-refractivity contribution < 1.29 is 14.7 Å². The molecule has 0 saturated carbocycles. The number of carbonyl (C=O) groups excluding carboxylic acids is 1. The Labute approximate surface area is 121 Å². The van der Waals surface area contributed by atoms with Crippen LogP contribution in [0, 0.1) is 0 Å². The molecule has 0 atom stereocenters. The van der Waals surface area contributed by atoms with E-state index in [1.807, 2.05) is 11.4 Å². The molecule has 4 nitrogen and oxygen atoms in total. The number of carboxylic acid groups (broad SMARTS) is 1. The number of nitrogens with one attached hydrogen (secondary N) is 1. The zero-order valence-electron chi connectivity index (χ0n) is 10.8. The van der Waals surface area contributed by atoms with E-state index in [1.54, 1.807) is 23.5 Å². The van der Waals surface area contributed by atoms with Crippen LogP contribution in [0.1, 0.15) is 28.1 Å². The largest absolute Gasteiger partial charge is 0.478 e. The first kappa shape index (κ1) is 14.3. The summed E-state index contributed by atoms with van der Waals surface area (Å²) in [5.74, 6) is -1.02. The molecule has 1 aromatic carbocycles. The first-order chi connectivity index (χ1) is 9.65. The van der Waals surface area contributed by atoms with E-state index in [4.69, 9.17) is 5.11 Å². The predicted octanol–water partition coefficient (Wildman–Crippen LogP) is 3.41. The maximum Gasteiger partial charge on any atom is 0.335 e. The fourth-order valence-electron chi connectivity index (χ4n) is 1.80. The highest BCUT2D eigenvalue weighted by Crippen LogP contribution is 2.13. The average Bonchev–Trinajstić information content (AvgIpc) is 2.92. The van der Waals surface area contributed by atoms with Crippen molar-refractivity contribution in [2.45, 2.75) is 19.3 Å². The number of carboxylic acids is 1. The standard InChI is InChI=1S/C15H15NO3S/c17-14(5-1-3-13-4-2-10-20-13)16-12-8-6-11(7-9-12)15(18)19/h2,4,6-10H,1,3,5H2,(H,16,17)(H,18,19). The molecule has 20 heavy (non-hydrogen) atoms. The number of amides is 1. The Balaban J connectivity index is 1.77. The Morgan fingerprint density at radius 3 is 2.50 bits per heavy atom. The summed E-state index contributed by atoms with van der Waals surface area (Å²) in [4.78, 5) is 23.7. The van der Waals surface area contributed by atoms with Crippen molar-refractivity contribution in [3.63, 3.8) is 0 Å². The zero-order valence-corrected chi connectivity index (χ0v) is 11.7. The molecule has 0 aliphatic rings. The van der Waals surface area contributed by atoms with Gasteiger partial charge in [-0.3, -0.25) is 4.79 Å². The molecule has 0 radical (unpaired) electrons. The van der Waals surface area contributed by atoms with Crippen molar-refractivity contribution >= 4 is 28.9 Å². The molecule has 0 bridgehead atoms. The Morgan fingerprint density at radius 2 is 1.90 bits per heavy atom. The number of carbonyl (C=O) groups is 2. The van der Waals surface area contributed by atoms with Crippen molar-refractivity contribution in [3.8, 4) is 0 Å². The maximum absolute atomic E-state index is 11.7. The molecule has 0 aliphatic heterocycles. The van der Waals surface area contributed by atoms with Gasteiger partial charge in [0, 0.05) is 17.0 Å². The summed E-state index contributed by atoms with van der Waals surface area (Å²) in [6.07, 6.45) is 2.17. The van der Waals surface area contributed by atoms with Gasteiger partial charge in [0.15, 0.2) is 0 Å². The van der Waals surface area contributed by atoms with Gasteiger partial charge in [0.25, 0.3) is 0 Å². The minimum atomic E-state index is -0.973. The van der Waals surface area contributed by atoms with Gasteiger partial charge in [0.1, 0.15) is 0 Å². The molecule has 0 fully saturated rings. The van der Waals surface area contributed by atoms with Gasteiger partial charge in [-0.05, 0) is 48.6 Å². The highest BCUT2D eigenvalue weighted by Gasteiger charge is 2.05. The number of aryl methyl sites for hydroxylation is 1. The molecule has 1 aromatic heterocycles. The van der Waals surface area contributed by atoms with E-state index in [9.17, 15) is 9.59 Å². The Morgan fingerprint density at radius 1 is 1.15 bits per heavy atom. The number of aromatic carboxylic acids is 1. The van der Waals surface area contributed by atoms with Crippen LogP contribution in [-0.4, -0.2) is 17.0 Å². The van der Waals surface area contributed by atoms with E-state index in [1.165, 1.54) is 17.0 Å². The molecule has 0 saturated heterocycles. The number of benzene rings is 1. The van der Waals surface area contributed by atoms with Crippen molar-refractivity contribution in [2.24, 2.45) is 0 Å². The second-order valence-corrected chi connectivity index (χ2v) is 5.40. The lowest BCUT2D eigenvalue weighted by Gasteiger charge is -2.05. The fourth-order valence-corrected chi connectivity index (χ4v) is 2.55. The minimum absolute atomic E-state index is 0.0513. The summed E-state index contributed by atoms with van der Waals surface area (Å²) in [7, 11) is 0. The van der Waals surface area contributed by atoms with E-state index in [-0.39, 0.29) is 11.5 Å². The number of hydrogen-bond acceptors (Lipinski definition) is 3. The van der Waals surface area contributed by atoms with Crippen LogP contribution >= 0.6 is 11.3 Å². The normalized spacial score (nSPS) is 10.2. The van der Waals surface area contributed by atoms with Gasteiger partial charge in [0.2, 0.25) is 5.91 Å². The van der Waals surface area contributed by atoms with Crippen LogP contribution in [0.5, 0.6) is 0 Å². The highest BCUT2D eigenvalue weighted by atomic mass is 32.1. The van der Waals surface area contributed by atoms with Crippen molar-refractivity contribution in [1.82, 2.24) is 0 Å². The summed E-state index contributed by atoms with van der Waals surface area (Å²) in [6.45, 7) is 0. The van der Waals surface area contributed by atoms with Gasteiger partial charge >= 0.3 is 5.97 Å². The number of rotatable bonds is 6. The highest BCUT2D eigenvalue weighted by molar-refractivity contribution is 7.09. The van der Waals surface area contributed by atoms with Crippen LogP contribution in [0.3, 0.4) is 0 Å². The molecular weight excluding hydrogens is 274 g/mol. The third-order valence-corrected chi connectivity index (χ3v) is 3.76. The molecule has 5 heteroatoms. The monoisotopic (exact) mass is 289 g/mol. The Kier molecular flexibility index (Phi) is 4.90. The Hall–Kier alpha value is -2.14. The lowest BCUT2D eigenvalue weighted by atomic mass is 10.2. The average molecular weight is 289 g/mol. The van der Waals surface area contributed by atoms with Gasteiger partial charge in [-0.2, -0.15) is 0 Å². The third-order valence-electron chi connectivity index (χ3n) is 2.82. The topological polar surface area (TPSA) is 66.4 Å². The lowest BCUT2D eigenvalue weighted by molar-refractivity contribution is -0.116. The molecular formula is C15H15NO3S. The molecule has 0 spiro atoms. The van der Waals surface area contributed by atoms with Crippen LogP contribution in [0.2, 0.25) is 0 Å². The van der Waals surface area contributed by atoms with E-state index in [0.29, 0.717) is 12.1 Å². The SMILES string of the molecule is O=C(CCCc1cccs1)Nc1ccc(C(=O)O)cc1. The van der Waals surface area contributed by atoms with Crippen LogP contribution in [0.25, 0.3) is 0 Å². The van der Waals surface area contributed by atoms with E-state index in [0.717, 1.165) is 12.8 Å². The summed E-state index contributed by atoms with van der Waals surface area (Å²) in [5.41, 5.74) is 0.830. The third kappa shape index (κ3) is 4.20. The first-order valence-corrected chi connectivity index (χ1v) is 7.19. The minimum Gasteiger partial charge on any atom is -0.478 e. The van der Waals surface area contributed by atoms with Crippen LogP contribution in [0.15, 0.2) is 41.8 Å². The Bertz CT molecular complexity index is 576. The molecule has 1 heterocycles. The number of anilines is 1. The molecule has 1 amide bonds. The summed E-state index contributed by atoms with van der Waals surface area (Å²) >= 11 is 1.70. The van der Waals surface area contributed by atoms with Crippen LogP contribution in [-0.2, 0) is 11.2 Å². The predicted molar refractivity (Wildman–Crippen MR) is 79.3 cm³/mol. The van der Waals surface area contributed by atoms with E-state index < -0.39 is 5.97 Å². The quantitative estimate of drug-likeness (QED) is 0.856. The molecule has 2 N–H and O–H groups in total. The fraction of sp³-hybridized carbons (Fsp3) is 0.200. The van der Waals surface area contributed by atoms with E-state index >= 15 is 0 Å². The van der Waals surface area contributed by atoms with Crippen molar-refractivity contribution in [2.75, 3.05) is 5.32 Å². The smallest absolute Gasteiger partial charge is 0.335 e. The first-order valence-electron chi connectivity index (χ1n) is 6.31. The van der Waals surface area contributed by atoms with Gasteiger partial charge in [-0.25, -0.2) is 4.79 Å². The number of thiophene rings is 1. The second kappa shape index (κ2) is 6.86. The lowest BCUT2D eigenvalue weighted by Crippen LogP contribution is -2.11. The van der Waals surface area contributed by atoms with E-state index in [2.05, 4.69) is 11.4 Å². The summed E-state index contributed by atoms with van der Waals surface area (Å²) < 4.78 is 0. The number of hydrogen-bond donors (Lipinski definition) is 2. The van der Waals surface area contributed by atoms with Gasteiger partial charge < -0.3 is 10.4 Å². The van der Waals surface area contributed by atoms with Gasteiger partial charge in [0.05, 0.1) is 5.56 Å². The van der Waals surface area contributed by atoms with Crippen molar-refractivity contribution in [3.05, 3.63) is 52.2 Å². The van der Waals surface area contributed by atoms with Crippen molar-refractivity contribution in [1.29, 1.82) is 0 Å². The second-order valence-electron chi connectivity index (χ2n) is 4.36. The molecule has 0 aliphatic carbocycles. The van der Waals surface area contributed by atoms with Crippen LogP contribution in [0.4, 0.5) is 5.69 Å². The van der Waals surface area contributed by atoms with Gasteiger partial charge in [-0.1, -0.05) is 6.07 Å². The summed E-state index contributed by atoms with van der Waals surface area (Å²) in [6, 6.07) is 10.2. The van der Waals surface area contributed by atoms with Crippen LogP contribution < -0.4 is 5.32 Å².